The van der Waals surface area contributed by atoms with Crippen molar-refractivity contribution < 1.29 is 19.4 Å². The van der Waals surface area contributed by atoms with Crippen LogP contribution in [0.2, 0.25) is 0 Å². The Morgan fingerprint density at radius 3 is 2.92 bits per heavy atom. The predicted molar refractivity (Wildman–Crippen MR) is 93.3 cm³/mol. The smallest absolute Gasteiger partial charge is 0.321 e. The van der Waals surface area contributed by atoms with E-state index in [-0.39, 0.29) is 18.5 Å². The molecule has 1 aliphatic carbocycles. The highest BCUT2D eigenvalue weighted by atomic mass is 79.9. The first-order valence-corrected chi connectivity index (χ1v) is 8.97. The second kappa shape index (κ2) is 6.63. The van der Waals surface area contributed by atoms with Gasteiger partial charge in [-0.05, 0) is 59.8 Å². The van der Waals surface area contributed by atoms with E-state index < -0.39 is 11.4 Å². The second-order valence-electron chi connectivity index (χ2n) is 6.44. The standard InChI is InChI=1S/C17H21BrN2O4/c1-2-24-14-6-5-12(8-13(14)18)19-16(23)20-9-11-4-3-7-17(11,10-20)15(21)22/h5-6,8,11H,2-4,7,9-10H2,1H3,(H,19,23)(H,21,22)/t11-,17+/m0/s1. The first-order valence-electron chi connectivity index (χ1n) is 8.18. The topological polar surface area (TPSA) is 78.9 Å². The molecule has 0 radical (unpaired) electrons. The predicted octanol–water partition coefficient (Wildman–Crippen LogP) is 3.57. The fourth-order valence-corrected chi connectivity index (χ4v) is 4.34. The maximum atomic E-state index is 12.5. The highest BCUT2D eigenvalue weighted by Crippen LogP contribution is 2.49. The third kappa shape index (κ3) is 2.97. The average Bonchev–Trinajstić information content (AvgIpc) is 3.08. The van der Waals surface area contributed by atoms with E-state index >= 15 is 0 Å². The van der Waals surface area contributed by atoms with Gasteiger partial charge in [0.25, 0.3) is 0 Å². The number of benzene rings is 1. The Morgan fingerprint density at radius 1 is 1.50 bits per heavy atom. The van der Waals surface area contributed by atoms with E-state index in [1.807, 2.05) is 6.92 Å². The van der Waals surface area contributed by atoms with Crippen LogP contribution in [0.3, 0.4) is 0 Å². The lowest BCUT2D eigenvalue weighted by molar-refractivity contribution is -0.149. The number of anilines is 1. The molecule has 1 saturated heterocycles. The van der Waals surface area contributed by atoms with Crippen molar-refractivity contribution in [3.8, 4) is 5.75 Å². The summed E-state index contributed by atoms with van der Waals surface area (Å²) in [4.78, 5) is 25.8. The van der Waals surface area contributed by atoms with Gasteiger partial charge in [0.2, 0.25) is 0 Å². The molecule has 0 unspecified atom stereocenters. The molecule has 3 rings (SSSR count). The van der Waals surface area contributed by atoms with Crippen LogP contribution >= 0.6 is 15.9 Å². The summed E-state index contributed by atoms with van der Waals surface area (Å²) in [5, 5.41) is 12.5. The van der Waals surface area contributed by atoms with Crippen LogP contribution in [0.15, 0.2) is 22.7 Å². The van der Waals surface area contributed by atoms with Gasteiger partial charge in [0, 0.05) is 18.8 Å². The van der Waals surface area contributed by atoms with Crippen molar-refractivity contribution in [2.75, 3.05) is 25.0 Å². The molecule has 2 atom stereocenters. The highest BCUT2D eigenvalue weighted by molar-refractivity contribution is 9.10. The van der Waals surface area contributed by atoms with E-state index in [0.29, 0.717) is 25.3 Å². The lowest BCUT2D eigenvalue weighted by Gasteiger charge is -2.23. The first kappa shape index (κ1) is 17.1. The summed E-state index contributed by atoms with van der Waals surface area (Å²) in [7, 11) is 0. The van der Waals surface area contributed by atoms with Crippen molar-refractivity contribution >= 4 is 33.6 Å². The Kier molecular flexibility index (Phi) is 4.71. The zero-order chi connectivity index (χ0) is 17.3. The SMILES string of the molecule is CCOc1ccc(NC(=O)N2C[C@@H]3CCC[C@@]3(C(=O)O)C2)cc1Br. The molecule has 130 valence electrons. The molecule has 2 fully saturated rings. The van der Waals surface area contributed by atoms with Gasteiger partial charge in [0.15, 0.2) is 0 Å². The number of nitrogens with one attached hydrogen (secondary N) is 1. The van der Waals surface area contributed by atoms with E-state index in [1.54, 1.807) is 23.1 Å². The number of amides is 2. The Morgan fingerprint density at radius 2 is 2.29 bits per heavy atom. The van der Waals surface area contributed by atoms with Crippen LogP contribution in [0.4, 0.5) is 10.5 Å². The number of ether oxygens (including phenoxy) is 1. The molecule has 2 aliphatic rings. The van der Waals surface area contributed by atoms with Gasteiger partial charge < -0.3 is 20.1 Å². The molecule has 0 aromatic heterocycles. The molecule has 1 heterocycles. The lowest BCUT2D eigenvalue weighted by Crippen LogP contribution is -2.38. The van der Waals surface area contributed by atoms with Crippen LogP contribution in [-0.2, 0) is 4.79 Å². The Hall–Kier alpha value is -1.76. The van der Waals surface area contributed by atoms with Gasteiger partial charge >= 0.3 is 12.0 Å². The van der Waals surface area contributed by atoms with Crippen molar-refractivity contribution in [1.29, 1.82) is 0 Å². The number of hydrogen-bond donors (Lipinski definition) is 2. The van der Waals surface area contributed by atoms with Crippen LogP contribution in [0.1, 0.15) is 26.2 Å². The summed E-state index contributed by atoms with van der Waals surface area (Å²) >= 11 is 3.42. The molecule has 0 spiro atoms. The molecule has 1 aromatic rings. The summed E-state index contributed by atoms with van der Waals surface area (Å²) in [6.07, 6.45) is 2.47. The monoisotopic (exact) mass is 396 g/mol. The normalized spacial score (nSPS) is 25.4. The minimum absolute atomic E-state index is 0.0628. The molecule has 0 bridgehead atoms. The van der Waals surface area contributed by atoms with Crippen LogP contribution in [0.25, 0.3) is 0 Å². The molecule has 1 aromatic carbocycles. The fourth-order valence-electron chi connectivity index (χ4n) is 3.85. The summed E-state index contributed by atoms with van der Waals surface area (Å²) in [6, 6.07) is 5.10. The third-order valence-electron chi connectivity index (χ3n) is 5.07. The van der Waals surface area contributed by atoms with Crippen LogP contribution < -0.4 is 10.1 Å². The fraction of sp³-hybridized carbons (Fsp3) is 0.529. The van der Waals surface area contributed by atoms with Crippen molar-refractivity contribution in [3.05, 3.63) is 22.7 Å². The molecule has 7 heteroatoms. The number of likely N-dealkylation sites (tertiary alicyclic amines) is 1. The minimum Gasteiger partial charge on any atom is -0.493 e. The molecule has 1 saturated carbocycles. The first-order chi connectivity index (χ1) is 11.5. The molecule has 24 heavy (non-hydrogen) atoms. The van der Waals surface area contributed by atoms with Crippen LogP contribution in [0, 0.1) is 11.3 Å². The summed E-state index contributed by atoms with van der Waals surface area (Å²) < 4.78 is 6.22. The van der Waals surface area contributed by atoms with Gasteiger partial charge in [-0.15, -0.1) is 0 Å². The van der Waals surface area contributed by atoms with Crippen molar-refractivity contribution in [1.82, 2.24) is 4.90 Å². The number of aliphatic carboxylic acids is 1. The van der Waals surface area contributed by atoms with Crippen molar-refractivity contribution in [2.24, 2.45) is 11.3 Å². The molecule has 2 N–H and O–H groups in total. The maximum Gasteiger partial charge on any atom is 0.321 e. The van der Waals surface area contributed by atoms with Gasteiger partial charge in [-0.3, -0.25) is 4.79 Å². The van der Waals surface area contributed by atoms with E-state index in [4.69, 9.17) is 4.74 Å². The Labute approximate surface area is 149 Å². The van der Waals surface area contributed by atoms with E-state index in [2.05, 4.69) is 21.2 Å². The number of hydrogen-bond acceptors (Lipinski definition) is 3. The van der Waals surface area contributed by atoms with Crippen molar-refractivity contribution in [2.45, 2.75) is 26.2 Å². The largest absolute Gasteiger partial charge is 0.493 e. The molecule has 1 aliphatic heterocycles. The maximum absolute atomic E-state index is 12.5. The van der Waals surface area contributed by atoms with Gasteiger partial charge in [-0.25, -0.2) is 4.79 Å². The third-order valence-corrected chi connectivity index (χ3v) is 5.69. The summed E-state index contributed by atoms with van der Waals surface area (Å²) in [6.45, 7) is 3.27. The number of fused-ring (bicyclic) bond motifs is 1. The number of rotatable bonds is 4. The number of urea groups is 1. The summed E-state index contributed by atoms with van der Waals surface area (Å²) in [5.74, 6) is 0.00737. The quantitative estimate of drug-likeness (QED) is 0.814. The van der Waals surface area contributed by atoms with Gasteiger partial charge in [0.1, 0.15) is 5.75 Å². The Balaban J connectivity index is 1.68. The minimum atomic E-state index is -0.774. The number of carboxylic acid groups (broad SMARTS) is 1. The number of nitrogens with zero attached hydrogens (tertiary/aromatic N) is 1. The van der Waals surface area contributed by atoms with Gasteiger partial charge in [-0.2, -0.15) is 0 Å². The average molecular weight is 397 g/mol. The zero-order valence-electron chi connectivity index (χ0n) is 13.5. The number of halogens is 1. The van der Waals surface area contributed by atoms with E-state index in [9.17, 15) is 14.7 Å². The number of carbonyl (C=O) groups is 2. The van der Waals surface area contributed by atoms with Gasteiger partial charge in [-0.1, -0.05) is 6.42 Å². The van der Waals surface area contributed by atoms with E-state index in [0.717, 1.165) is 23.1 Å². The lowest BCUT2D eigenvalue weighted by atomic mass is 9.81. The highest BCUT2D eigenvalue weighted by Gasteiger charge is 2.55. The molecular weight excluding hydrogens is 376 g/mol. The van der Waals surface area contributed by atoms with Crippen LogP contribution in [-0.4, -0.2) is 41.7 Å². The molecule has 2 amide bonds. The molecule has 6 nitrogen and oxygen atoms in total. The Bertz CT molecular complexity index is 666. The van der Waals surface area contributed by atoms with E-state index in [1.165, 1.54) is 0 Å². The van der Waals surface area contributed by atoms with Gasteiger partial charge in [0.05, 0.1) is 16.5 Å². The number of carboxylic acids is 1. The number of carbonyl (C=O) groups excluding carboxylic acids is 1. The second-order valence-corrected chi connectivity index (χ2v) is 7.29. The molecular formula is C17H21BrN2O4. The van der Waals surface area contributed by atoms with Crippen LogP contribution in [0.5, 0.6) is 5.75 Å². The summed E-state index contributed by atoms with van der Waals surface area (Å²) in [5.41, 5.74) is -0.103. The van der Waals surface area contributed by atoms with Crippen molar-refractivity contribution in [3.63, 3.8) is 0 Å². The zero-order valence-corrected chi connectivity index (χ0v) is 15.1.